The number of aryl methyl sites for hydroxylation is 1. The van der Waals surface area contributed by atoms with E-state index in [4.69, 9.17) is 0 Å². The lowest BCUT2D eigenvalue weighted by Crippen LogP contribution is -2.44. The summed E-state index contributed by atoms with van der Waals surface area (Å²) in [6.07, 6.45) is 1.95. The number of hydrogen-bond donors (Lipinski definition) is 1. The third kappa shape index (κ3) is 3.68. The summed E-state index contributed by atoms with van der Waals surface area (Å²) in [5.74, 6) is 0.0884. The maximum atomic E-state index is 12.9. The summed E-state index contributed by atoms with van der Waals surface area (Å²) < 4.78 is 0. The van der Waals surface area contributed by atoms with Crippen LogP contribution in [0.25, 0.3) is 0 Å². The average molecular weight is 351 g/mol. The molecule has 1 saturated heterocycles. The van der Waals surface area contributed by atoms with E-state index in [9.17, 15) is 9.90 Å². The first-order valence-electron chi connectivity index (χ1n) is 9.39. The molecule has 0 aliphatic carbocycles. The molecule has 2 aromatic rings. The Balaban J connectivity index is 1.72. The highest BCUT2D eigenvalue weighted by Crippen LogP contribution is 2.35. The number of piperidine rings is 1. The molecular weight excluding hydrogens is 322 g/mol. The van der Waals surface area contributed by atoms with Crippen LogP contribution < -0.4 is 0 Å². The molecule has 1 aliphatic rings. The van der Waals surface area contributed by atoms with E-state index in [1.165, 1.54) is 5.56 Å². The number of aliphatic hydroxyl groups is 1. The van der Waals surface area contributed by atoms with Gasteiger partial charge in [0.25, 0.3) is 5.91 Å². The van der Waals surface area contributed by atoms with E-state index in [0.29, 0.717) is 5.56 Å². The van der Waals surface area contributed by atoms with Crippen LogP contribution in [0.1, 0.15) is 60.7 Å². The van der Waals surface area contributed by atoms with Gasteiger partial charge in [0.2, 0.25) is 0 Å². The summed E-state index contributed by atoms with van der Waals surface area (Å²) in [6.45, 7) is 9.34. The van der Waals surface area contributed by atoms with Gasteiger partial charge in [-0.3, -0.25) is 4.79 Å². The molecule has 0 aromatic heterocycles. The van der Waals surface area contributed by atoms with Crippen molar-refractivity contribution < 1.29 is 9.90 Å². The van der Waals surface area contributed by atoms with Gasteiger partial charge in [0.15, 0.2) is 0 Å². The summed E-state index contributed by atoms with van der Waals surface area (Å²) in [6, 6.07) is 16.2. The summed E-state index contributed by atoms with van der Waals surface area (Å²) in [5, 5.41) is 10.2. The fourth-order valence-corrected chi connectivity index (χ4v) is 4.00. The van der Waals surface area contributed by atoms with Crippen LogP contribution in [0.5, 0.6) is 0 Å². The van der Waals surface area contributed by atoms with Gasteiger partial charge in [-0.15, -0.1) is 0 Å². The predicted octanol–water partition coefficient (Wildman–Crippen LogP) is 4.42. The van der Waals surface area contributed by atoms with Gasteiger partial charge in [-0.25, -0.2) is 0 Å². The first-order chi connectivity index (χ1) is 12.2. The second-order valence-corrected chi connectivity index (χ2v) is 8.31. The normalized spacial score (nSPS) is 17.2. The highest BCUT2D eigenvalue weighted by Gasteiger charge is 2.33. The van der Waals surface area contributed by atoms with Gasteiger partial charge in [0, 0.05) is 18.7 Å². The Morgan fingerprint density at radius 2 is 1.69 bits per heavy atom. The van der Waals surface area contributed by atoms with Gasteiger partial charge in [-0.2, -0.15) is 0 Å². The molecule has 1 amide bonds. The van der Waals surface area contributed by atoms with Crippen molar-refractivity contribution in [2.75, 3.05) is 13.1 Å². The number of nitrogens with zero attached hydrogens (tertiary/aromatic N) is 1. The molecule has 1 fully saturated rings. The molecule has 2 aromatic carbocycles. The summed E-state index contributed by atoms with van der Waals surface area (Å²) in [4.78, 5) is 14.9. The third-order valence-electron chi connectivity index (χ3n) is 5.76. The zero-order valence-corrected chi connectivity index (χ0v) is 16.2. The molecule has 0 atom stereocenters. The molecule has 1 heterocycles. The number of amides is 1. The molecule has 0 radical (unpaired) electrons. The van der Waals surface area contributed by atoms with Crippen LogP contribution in [0, 0.1) is 6.92 Å². The minimum Gasteiger partial charge on any atom is -0.386 e. The van der Waals surface area contributed by atoms with Gasteiger partial charge < -0.3 is 10.0 Å². The quantitative estimate of drug-likeness (QED) is 0.889. The van der Waals surface area contributed by atoms with Crippen LogP contribution in [0.15, 0.2) is 48.5 Å². The molecule has 0 unspecified atom stereocenters. The van der Waals surface area contributed by atoms with Gasteiger partial charge in [-0.1, -0.05) is 43.3 Å². The molecule has 1 N–H and O–H groups in total. The Kier molecular flexibility index (Phi) is 4.94. The summed E-state index contributed by atoms with van der Waals surface area (Å²) in [5.41, 5.74) is 3.13. The van der Waals surface area contributed by atoms with Gasteiger partial charge >= 0.3 is 0 Å². The third-order valence-corrected chi connectivity index (χ3v) is 5.76. The van der Waals surface area contributed by atoms with E-state index in [2.05, 4.69) is 31.2 Å². The van der Waals surface area contributed by atoms with E-state index in [1.54, 1.807) is 13.8 Å². The van der Waals surface area contributed by atoms with Crippen molar-refractivity contribution >= 4 is 5.91 Å². The lowest BCUT2D eigenvalue weighted by atomic mass is 9.74. The Hall–Kier alpha value is -2.13. The van der Waals surface area contributed by atoms with E-state index in [-0.39, 0.29) is 11.3 Å². The molecule has 26 heavy (non-hydrogen) atoms. The zero-order valence-electron chi connectivity index (χ0n) is 16.2. The van der Waals surface area contributed by atoms with Gasteiger partial charge in [0.1, 0.15) is 0 Å². The summed E-state index contributed by atoms with van der Waals surface area (Å²) in [7, 11) is 0. The number of rotatable bonds is 3. The number of carbonyl (C=O) groups is 1. The predicted molar refractivity (Wildman–Crippen MR) is 105 cm³/mol. The number of carbonyl (C=O) groups excluding carboxylic acids is 1. The topological polar surface area (TPSA) is 40.5 Å². The van der Waals surface area contributed by atoms with E-state index < -0.39 is 5.60 Å². The SMILES string of the molecule is Cc1cc(C(=O)N2CCC(C)(c3ccccc3)CC2)ccc1C(C)(C)O. The van der Waals surface area contributed by atoms with Crippen LogP contribution in [-0.4, -0.2) is 29.0 Å². The van der Waals surface area contributed by atoms with E-state index >= 15 is 0 Å². The Morgan fingerprint density at radius 3 is 2.23 bits per heavy atom. The fourth-order valence-electron chi connectivity index (χ4n) is 4.00. The van der Waals surface area contributed by atoms with Crippen molar-refractivity contribution in [3.63, 3.8) is 0 Å². The fraction of sp³-hybridized carbons (Fsp3) is 0.435. The highest BCUT2D eigenvalue weighted by molar-refractivity contribution is 5.94. The highest BCUT2D eigenvalue weighted by atomic mass is 16.3. The van der Waals surface area contributed by atoms with Crippen LogP contribution in [0.3, 0.4) is 0 Å². The molecule has 3 nitrogen and oxygen atoms in total. The average Bonchev–Trinajstić information content (AvgIpc) is 2.61. The Morgan fingerprint density at radius 1 is 1.08 bits per heavy atom. The van der Waals surface area contributed by atoms with Crippen molar-refractivity contribution in [2.24, 2.45) is 0 Å². The lowest BCUT2D eigenvalue weighted by molar-refractivity contribution is 0.0672. The maximum absolute atomic E-state index is 12.9. The monoisotopic (exact) mass is 351 g/mol. The van der Waals surface area contributed by atoms with Crippen molar-refractivity contribution in [3.8, 4) is 0 Å². The largest absolute Gasteiger partial charge is 0.386 e. The molecule has 3 rings (SSSR count). The minimum atomic E-state index is -0.895. The number of benzene rings is 2. The van der Waals surface area contributed by atoms with E-state index in [0.717, 1.165) is 37.1 Å². The van der Waals surface area contributed by atoms with Crippen molar-refractivity contribution in [1.29, 1.82) is 0 Å². The van der Waals surface area contributed by atoms with Gasteiger partial charge in [-0.05, 0) is 67.9 Å². The molecule has 0 saturated carbocycles. The van der Waals surface area contributed by atoms with Crippen molar-refractivity contribution in [3.05, 3.63) is 70.8 Å². The Bertz CT molecular complexity index is 782. The molecule has 0 spiro atoms. The molecular formula is C23H29NO2. The van der Waals surface area contributed by atoms with Crippen LogP contribution in [-0.2, 0) is 11.0 Å². The molecule has 138 valence electrons. The second kappa shape index (κ2) is 6.88. The molecule has 0 bridgehead atoms. The second-order valence-electron chi connectivity index (χ2n) is 8.31. The standard InChI is InChI=1S/C23H29NO2/c1-17-16-18(10-11-20(17)22(2,3)26)21(25)24-14-12-23(4,13-15-24)19-8-6-5-7-9-19/h5-11,16,26H,12-15H2,1-4H3. The maximum Gasteiger partial charge on any atom is 0.253 e. The van der Waals surface area contributed by atoms with Crippen LogP contribution in [0.4, 0.5) is 0 Å². The van der Waals surface area contributed by atoms with Crippen LogP contribution in [0.2, 0.25) is 0 Å². The number of hydrogen-bond acceptors (Lipinski definition) is 2. The Labute approximate surface area is 156 Å². The lowest BCUT2D eigenvalue weighted by Gasteiger charge is -2.40. The minimum absolute atomic E-state index is 0.0884. The first-order valence-corrected chi connectivity index (χ1v) is 9.39. The zero-order chi connectivity index (χ0) is 18.9. The molecule has 1 aliphatic heterocycles. The summed E-state index contributed by atoms with van der Waals surface area (Å²) >= 11 is 0. The van der Waals surface area contributed by atoms with E-state index in [1.807, 2.05) is 36.1 Å². The van der Waals surface area contributed by atoms with Crippen molar-refractivity contribution in [1.82, 2.24) is 4.90 Å². The van der Waals surface area contributed by atoms with Crippen LogP contribution >= 0.6 is 0 Å². The van der Waals surface area contributed by atoms with Crippen molar-refractivity contribution in [2.45, 2.75) is 51.6 Å². The molecule has 3 heteroatoms. The smallest absolute Gasteiger partial charge is 0.253 e. The first kappa shape index (κ1) is 18.7. The number of likely N-dealkylation sites (tertiary alicyclic amines) is 1. The van der Waals surface area contributed by atoms with Gasteiger partial charge in [0.05, 0.1) is 5.60 Å².